The van der Waals surface area contributed by atoms with E-state index in [1.165, 1.54) is 5.56 Å². The maximum absolute atomic E-state index is 12.4. The summed E-state index contributed by atoms with van der Waals surface area (Å²) in [4.78, 5) is 16.9. The SMILES string of the molecule is Cc1ccc2nc(NC(=O)C3CC34CCNCC4)sc2c1.Cl. The number of hydrogen-bond donors (Lipinski definition) is 2. The number of rotatable bonds is 2. The molecule has 0 radical (unpaired) electrons. The number of piperidine rings is 1. The highest BCUT2D eigenvalue weighted by molar-refractivity contribution is 7.22. The molecule has 1 aromatic heterocycles. The third-order valence-electron chi connectivity index (χ3n) is 4.88. The number of carbonyl (C=O) groups excluding carboxylic acids is 1. The van der Waals surface area contributed by atoms with Crippen molar-refractivity contribution in [3.8, 4) is 0 Å². The lowest BCUT2D eigenvalue weighted by atomic mass is 9.92. The maximum Gasteiger partial charge on any atom is 0.229 e. The second-order valence-electron chi connectivity index (χ2n) is 6.35. The molecule has 1 aromatic carbocycles. The number of anilines is 1. The zero-order valence-electron chi connectivity index (χ0n) is 12.5. The van der Waals surface area contributed by atoms with Crippen molar-refractivity contribution in [1.29, 1.82) is 0 Å². The molecule has 2 aliphatic rings. The van der Waals surface area contributed by atoms with E-state index >= 15 is 0 Å². The zero-order chi connectivity index (χ0) is 14.4. The summed E-state index contributed by atoms with van der Waals surface area (Å²) in [5.41, 5.74) is 2.47. The van der Waals surface area contributed by atoms with Gasteiger partial charge in [-0.1, -0.05) is 17.4 Å². The van der Waals surface area contributed by atoms with Crippen LogP contribution in [-0.2, 0) is 4.79 Å². The highest BCUT2D eigenvalue weighted by Gasteiger charge is 2.57. The molecule has 4 nitrogen and oxygen atoms in total. The third-order valence-corrected chi connectivity index (χ3v) is 5.81. The number of fused-ring (bicyclic) bond motifs is 1. The molecule has 22 heavy (non-hydrogen) atoms. The number of hydrogen-bond acceptors (Lipinski definition) is 4. The smallest absolute Gasteiger partial charge is 0.229 e. The predicted molar refractivity (Wildman–Crippen MR) is 92.9 cm³/mol. The van der Waals surface area contributed by atoms with Gasteiger partial charge in [0.15, 0.2) is 5.13 Å². The minimum atomic E-state index is 0. The van der Waals surface area contributed by atoms with E-state index in [-0.39, 0.29) is 29.6 Å². The normalized spacial score (nSPS) is 22.3. The lowest BCUT2D eigenvalue weighted by Gasteiger charge is -2.22. The van der Waals surface area contributed by atoms with Crippen LogP contribution in [0.5, 0.6) is 0 Å². The number of nitrogens with one attached hydrogen (secondary N) is 2. The Balaban J connectivity index is 0.00000144. The molecule has 1 aliphatic heterocycles. The summed E-state index contributed by atoms with van der Waals surface area (Å²) in [6, 6.07) is 6.19. The number of thiazole rings is 1. The Hall–Kier alpha value is -1.17. The average molecular weight is 338 g/mol. The highest BCUT2D eigenvalue weighted by atomic mass is 35.5. The number of benzene rings is 1. The number of carbonyl (C=O) groups is 1. The molecule has 1 spiro atoms. The first-order chi connectivity index (χ1) is 10.2. The monoisotopic (exact) mass is 337 g/mol. The predicted octanol–water partition coefficient (Wildman–Crippen LogP) is 3.35. The average Bonchev–Trinajstić information content (AvgIpc) is 3.01. The second-order valence-corrected chi connectivity index (χ2v) is 7.38. The van der Waals surface area contributed by atoms with Crippen molar-refractivity contribution in [3.05, 3.63) is 23.8 Å². The number of nitrogens with zero attached hydrogens (tertiary/aromatic N) is 1. The van der Waals surface area contributed by atoms with Crippen LogP contribution >= 0.6 is 23.7 Å². The van der Waals surface area contributed by atoms with E-state index in [0.29, 0.717) is 0 Å². The molecule has 0 bridgehead atoms. The minimum Gasteiger partial charge on any atom is -0.317 e. The lowest BCUT2D eigenvalue weighted by molar-refractivity contribution is -0.118. The fourth-order valence-corrected chi connectivity index (χ4v) is 4.44. The van der Waals surface area contributed by atoms with E-state index in [9.17, 15) is 4.79 Å². The van der Waals surface area contributed by atoms with Crippen LogP contribution in [0.15, 0.2) is 18.2 Å². The van der Waals surface area contributed by atoms with Gasteiger partial charge in [-0.15, -0.1) is 12.4 Å². The van der Waals surface area contributed by atoms with Gasteiger partial charge in [0.05, 0.1) is 10.2 Å². The quantitative estimate of drug-likeness (QED) is 0.883. The Morgan fingerprint density at radius 2 is 2.18 bits per heavy atom. The Morgan fingerprint density at radius 1 is 1.41 bits per heavy atom. The maximum atomic E-state index is 12.4. The molecule has 1 saturated heterocycles. The summed E-state index contributed by atoms with van der Waals surface area (Å²) in [6.45, 7) is 4.16. The Kier molecular flexibility index (Phi) is 4.14. The summed E-state index contributed by atoms with van der Waals surface area (Å²) in [5.74, 6) is 0.348. The van der Waals surface area contributed by atoms with Gasteiger partial charge < -0.3 is 10.6 Å². The summed E-state index contributed by atoms with van der Waals surface area (Å²) in [5, 5.41) is 7.14. The second kappa shape index (κ2) is 5.80. The highest BCUT2D eigenvalue weighted by Crippen LogP contribution is 2.58. The number of aryl methyl sites for hydroxylation is 1. The largest absolute Gasteiger partial charge is 0.317 e. The zero-order valence-corrected chi connectivity index (χ0v) is 14.1. The van der Waals surface area contributed by atoms with Gasteiger partial charge in [-0.25, -0.2) is 4.98 Å². The van der Waals surface area contributed by atoms with Crippen molar-refractivity contribution in [2.75, 3.05) is 18.4 Å². The first kappa shape index (κ1) is 15.7. The summed E-state index contributed by atoms with van der Waals surface area (Å²) < 4.78 is 1.14. The van der Waals surface area contributed by atoms with Crippen molar-refractivity contribution in [3.63, 3.8) is 0 Å². The Bertz CT molecular complexity index is 708. The number of amides is 1. The Labute approximate surface area is 140 Å². The van der Waals surface area contributed by atoms with Gasteiger partial charge in [0, 0.05) is 5.92 Å². The molecule has 1 amide bonds. The molecule has 6 heteroatoms. The van der Waals surface area contributed by atoms with Crippen LogP contribution in [0.4, 0.5) is 5.13 Å². The van der Waals surface area contributed by atoms with Crippen LogP contribution in [0, 0.1) is 18.3 Å². The first-order valence-electron chi connectivity index (χ1n) is 7.55. The van der Waals surface area contributed by atoms with E-state index in [0.717, 1.165) is 47.7 Å². The molecule has 2 N–H and O–H groups in total. The van der Waals surface area contributed by atoms with Gasteiger partial charge in [0.2, 0.25) is 5.91 Å². The standard InChI is InChI=1S/C16H19N3OS.ClH/c1-10-2-3-12-13(8-10)21-15(18-12)19-14(20)11-9-16(11)4-6-17-7-5-16;/h2-3,8,11,17H,4-7,9H2,1H3,(H,18,19,20);1H. The van der Waals surface area contributed by atoms with E-state index in [2.05, 4.69) is 34.7 Å². The van der Waals surface area contributed by atoms with Crippen molar-refractivity contribution in [2.24, 2.45) is 11.3 Å². The molecule has 2 heterocycles. The van der Waals surface area contributed by atoms with Gasteiger partial charge in [0.1, 0.15) is 0 Å². The molecular formula is C16H20ClN3OS. The van der Waals surface area contributed by atoms with Crippen LogP contribution in [0.2, 0.25) is 0 Å². The summed E-state index contributed by atoms with van der Waals surface area (Å²) in [7, 11) is 0. The van der Waals surface area contributed by atoms with E-state index in [1.807, 2.05) is 6.07 Å². The molecule has 118 valence electrons. The van der Waals surface area contributed by atoms with Crippen LogP contribution in [0.1, 0.15) is 24.8 Å². The van der Waals surface area contributed by atoms with Gasteiger partial charge in [-0.3, -0.25) is 4.79 Å². The number of halogens is 1. The summed E-state index contributed by atoms with van der Waals surface area (Å²) >= 11 is 1.56. The Morgan fingerprint density at radius 3 is 2.95 bits per heavy atom. The van der Waals surface area contributed by atoms with E-state index < -0.39 is 0 Å². The number of aromatic nitrogens is 1. The molecule has 1 saturated carbocycles. The molecule has 2 fully saturated rings. The van der Waals surface area contributed by atoms with Crippen molar-refractivity contribution < 1.29 is 4.79 Å². The van der Waals surface area contributed by atoms with Crippen molar-refractivity contribution in [1.82, 2.24) is 10.3 Å². The summed E-state index contributed by atoms with van der Waals surface area (Å²) in [6.07, 6.45) is 3.30. The van der Waals surface area contributed by atoms with Crippen LogP contribution in [0.3, 0.4) is 0 Å². The van der Waals surface area contributed by atoms with Crippen LogP contribution in [0.25, 0.3) is 10.2 Å². The third kappa shape index (κ3) is 2.73. The first-order valence-corrected chi connectivity index (χ1v) is 8.37. The molecule has 1 unspecified atom stereocenters. The fraction of sp³-hybridized carbons (Fsp3) is 0.500. The molecule has 1 atom stereocenters. The minimum absolute atomic E-state index is 0. The van der Waals surface area contributed by atoms with Crippen molar-refractivity contribution >= 4 is 45.0 Å². The van der Waals surface area contributed by atoms with Crippen LogP contribution in [-0.4, -0.2) is 24.0 Å². The van der Waals surface area contributed by atoms with Gasteiger partial charge in [-0.2, -0.15) is 0 Å². The molecular weight excluding hydrogens is 318 g/mol. The lowest BCUT2D eigenvalue weighted by Crippen LogP contribution is -2.31. The van der Waals surface area contributed by atoms with Crippen LogP contribution < -0.4 is 10.6 Å². The van der Waals surface area contributed by atoms with E-state index in [4.69, 9.17) is 0 Å². The molecule has 1 aliphatic carbocycles. The molecule has 2 aromatic rings. The van der Waals surface area contributed by atoms with Gasteiger partial charge in [-0.05, 0) is 62.4 Å². The topological polar surface area (TPSA) is 54.0 Å². The van der Waals surface area contributed by atoms with Crippen molar-refractivity contribution in [2.45, 2.75) is 26.2 Å². The fourth-order valence-electron chi connectivity index (χ4n) is 3.47. The van der Waals surface area contributed by atoms with Gasteiger partial charge in [0.25, 0.3) is 0 Å². The molecule has 4 rings (SSSR count). The van der Waals surface area contributed by atoms with E-state index in [1.54, 1.807) is 11.3 Å². The van der Waals surface area contributed by atoms with Gasteiger partial charge >= 0.3 is 0 Å².